The second-order valence-electron chi connectivity index (χ2n) is 28.5. The minimum Gasteiger partial charge on any atom is -0.454 e. The summed E-state index contributed by atoms with van der Waals surface area (Å²) < 4.78 is 17.8. The van der Waals surface area contributed by atoms with Crippen molar-refractivity contribution in [2.24, 2.45) is 0 Å². The molecule has 0 aromatic rings. The lowest BCUT2D eigenvalue weighted by Gasteiger charge is -2.41. The van der Waals surface area contributed by atoms with E-state index < -0.39 is 67.4 Å². The minimum absolute atomic E-state index is 0.129. The van der Waals surface area contributed by atoms with Gasteiger partial charge in [0.05, 0.1) is 25.4 Å². The molecule has 11 nitrogen and oxygen atoms in total. The predicted molar refractivity (Wildman–Crippen MR) is 394 cm³/mol. The highest BCUT2D eigenvalue weighted by molar-refractivity contribution is 5.80. The molecule has 0 aromatic heterocycles. The van der Waals surface area contributed by atoms with Crippen LogP contribution in [0.5, 0.6) is 0 Å². The number of aliphatic hydroxyl groups is 5. The van der Waals surface area contributed by atoms with Gasteiger partial charge in [-0.2, -0.15) is 0 Å². The van der Waals surface area contributed by atoms with Gasteiger partial charge in [0.25, 0.3) is 0 Å². The molecule has 8 unspecified atom stereocenters. The quantitative estimate of drug-likeness (QED) is 0.0195. The monoisotopic (exact) mass is 1310 g/mol. The van der Waals surface area contributed by atoms with Crippen LogP contribution in [0.1, 0.15) is 412 Å². The standard InChI is InChI=1S/C82H155NO10/c1-4-7-10-13-16-19-22-24-26-28-30-32-34-36-38-40-42-44-46-48-50-52-55-58-61-64-67-70-77(87)93-80-79(89)78(88)76(71-84)92-82(80)91-72-73(74(85)68-65-62-59-56-53-21-18-15-12-9-6-3)83-81(90)75(86)69-66-63-60-57-54-51-49-47-45-43-41-39-37-35-33-31-29-27-25-23-20-17-14-11-8-5-2/h24-27,65,68,73-76,78-80,82,84-86,88-89H,4-23,28-64,66-67,69-72H2,1-3H3,(H,83,90)/b26-24+,27-25+,68-65+. The molecule has 1 heterocycles. The van der Waals surface area contributed by atoms with Gasteiger partial charge in [-0.05, 0) is 77.0 Å². The number of allylic oxidation sites excluding steroid dienone is 5. The Morgan fingerprint density at radius 3 is 1.04 bits per heavy atom. The van der Waals surface area contributed by atoms with Crippen LogP contribution in [0.3, 0.4) is 0 Å². The summed E-state index contributed by atoms with van der Waals surface area (Å²) in [7, 11) is 0. The second kappa shape index (κ2) is 69.8. The van der Waals surface area contributed by atoms with E-state index in [0.29, 0.717) is 19.3 Å². The fourth-order valence-electron chi connectivity index (χ4n) is 13.1. The number of aliphatic hydroxyl groups excluding tert-OH is 5. The molecule has 0 spiro atoms. The number of esters is 1. The number of unbranched alkanes of at least 4 members (excludes halogenated alkanes) is 54. The molecule has 1 saturated heterocycles. The fraction of sp³-hybridized carbons (Fsp3) is 0.902. The summed E-state index contributed by atoms with van der Waals surface area (Å²) in [5.41, 5.74) is 0. The van der Waals surface area contributed by atoms with Crippen LogP contribution in [0.4, 0.5) is 0 Å². The molecule has 8 atom stereocenters. The number of hydrogen-bond acceptors (Lipinski definition) is 10. The maximum Gasteiger partial charge on any atom is 0.306 e. The van der Waals surface area contributed by atoms with E-state index in [0.717, 1.165) is 57.8 Å². The van der Waals surface area contributed by atoms with E-state index in [1.165, 1.54) is 308 Å². The van der Waals surface area contributed by atoms with Crippen molar-refractivity contribution < 1.29 is 49.3 Å². The summed E-state index contributed by atoms with van der Waals surface area (Å²) in [5, 5.41) is 57.4. The molecule has 1 amide bonds. The van der Waals surface area contributed by atoms with Crippen molar-refractivity contribution in [3.05, 3.63) is 36.5 Å². The molecule has 93 heavy (non-hydrogen) atoms. The van der Waals surface area contributed by atoms with Gasteiger partial charge < -0.3 is 45.1 Å². The number of nitrogens with one attached hydrogen (secondary N) is 1. The summed E-state index contributed by atoms with van der Waals surface area (Å²) in [6.45, 7) is 5.85. The van der Waals surface area contributed by atoms with Crippen LogP contribution >= 0.6 is 0 Å². The number of amides is 1. The third-order valence-corrected chi connectivity index (χ3v) is 19.5. The Bertz CT molecular complexity index is 1660. The Morgan fingerprint density at radius 1 is 0.409 bits per heavy atom. The summed E-state index contributed by atoms with van der Waals surface area (Å²) in [4.78, 5) is 26.8. The Hall–Kier alpha value is -2.12. The van der Waals surface area contributed by atoms with Gasteiger partial charge in [-0.1, -0.05) is 365 Å². The predicted octanol–water partition coefficient (Wildman–Crippen LogP) is 22.1. The maximum atomic E-state index is 13.5. The van der Waals surface area contributed by atoms with E-state index in [1.807, 2.05) is 6.08 Å². The zero-order valence-corrected chi connectivity index (χ0v) is 61.4. The van der Waals surface area contributed by atoms with Crippen LogP contribution in [0.15, 0.2) is 36.5 Å². The lowest BCUT2D eigenvalue weighted by molar-refractivity contribution is -0.305. The molecule has 1 rings (SSSR count). The zero-order chi connectivity index (χ0) is 67.4. The molecular weight excluding hydrogens is 1160 g/mol. The van der Waals surface area contributed by atoms with Gasteiger partial charge >= 0.3 is 5.97 Å². The first-order valence-electron chi connectivity index (χ1n) is 40.8. The average Bonchev–Trinajstić information content (AvgIpc) is 0.842. The highest BCUT2D eigenvalue weighted by atomic mass is 16.7. The number of hydrogen-bond donors (Lipinski definition) is 6. The Balaban J connectivity index is 2.44. The molecule has 1 aliphatic heterocycles. The van der Waals surface area contributed by atoms with Crippen molar-refractivity contribution in [3.63, 3.8) is 0 Å². The van der Waals surface area contributed by atoms with Crippen molar-refractivity contribution in [2.75, 3.05) is 13.2 Å². The molecule has 1 aliphatic rings. The SMILES string of the molecule is CCCCCCCC/C=C/CCCCCCCCCCCCCCCCCCCC(=O)OC1C(OCC(NC(=O)C(O)CCCCCCCCCCCCCCCCCC/C=C/CCCCCCCC)C(O)/C=C/CCCCCCCCCCC)OC(CO)C(O)C1O. The molecule has 6 N–H and O–H groups in total. The Kier molecular flexibility index (Phi) is 66.7. The number of carbonyl (C=O) groups excluding carboxylic acids is 2. The van der Waals surface area contributed by atoms with E-state index in [2.05, 4.69) is 50.4 Å². The summed E-state index contributed by atoms with van der Waals surface area (Å²) in [6.07, 6.45) is 77.9. The minimum atomic E-state index is -1.61. The van der Waals surface area contributed by atoms with Crippen molar-refractivity contribution in [1.82, 2.24) is 5.32 Å². The van der Waals surface area contributed by atoms with Crippen LogP contribution in [0, 0.1) is 0 Å². The molecular formula is C82H155NO10. The number of rotatable bonds is 72. The first-order valence-corrected chi connectivity index (χ1v) is 40.8. The lowest BCUT2D eigenvalue weighted by atomic mass is 9.99. The van der Waals surface area contributed by atoms with E-state index in [1.54, 1.807) is 6.08 Å². The lowest BCUT2D eigenvalue weighted by Crippen LogP contribution is -2.61. The van der Waals surface area contributed by atoms with Crippen LogP contribution in [0.2, 0.25) is 0 Å². The van der Waals surface area contributed by atoms with E-state index in [9.17, 15) is 35.1 Å². The van der Waals surface area contributed by atoms with E-state index in [-0.39, 0.29) is 13.0 Å². The largest absolute Gasteiger partial charge is 0.454 e. The molecule has 548 valence electrons. The van der Waals surface area contributed by atoms with Crippen LogP contribution in [-0.4, -0.2) is 99.6 Å². The average molecular weight is 1320 g/mol. The van der Waals surface area contributed by atoms with Crippen molar-refractivity contribution in [2.45, 2.75) is 461 Å². The summed E-state index contributed by atoms with van der Waals surface area (Å²) >= 11 is 0. The molecule has 0 bridgehead atoms. The van der Waals surface area contributed by atoms with Crippen molar-refractivity contribution in [1.29, 1.82) is 0 Å². The van der Waals surface area contributed by atoms with Gasteiger partial charge in [0.15, 0.2) is 12.4 Å². The molecule has 0 saturated carbocycles. The Labute approximate surface area is 574 Å². The zero-order valence-electron chi connectivity index (χ0n) is 61.4. The smallest absolute Gasteiger partial charge is 0.306 e. The third kappa shape index (κ3) is 56.5. The first-order chi connectivity index (χ1) is 45.7. The van der Waals surface area contributed by atoms with Crippen molar-refractivity contribution >= 4 is 11.9 Å². The summed E-state index contributed by atoms with van der Waals surface area (Å²) in [5.74, 6) is -1.17. The molecule has 1 fully saturated rings. The topological polar surface area (TPSA) is 175 Å². The van der Waals surface area contributed by atoms with Crippen molar-refractivity contribution in [3.8, 4) is 0 Å². The second-order valence-corrected chi connectivity index (χ2v) is 28.5. The maximum absolute atomic E-state index is 13.5. The molecule has 11 heteroatoms. The molecule has 0 radical (unpaired) electrons. The van der Waals surface area contributed by atoms with Crippen LogP contribution in [0.25, 0.3) is 0 Å². The first kappa shape index (κ1) is 88.9. The normalized spacial score (nSPS) is 18.0. The summed E-state index contributed by atoms with van der Waals surface area (Å²) in [6, 6.07) is -1.02. The third-order valence-electron chi connectivity index (χ3n) is 19.5. The highest BCUT2D eigenvalue weighted by Gasteiger charge is 2.47. The highest BCUT2D eigenvalue weighted by Crippen LogP contribution is 2.27. The van der Waals surface area contributed by atoms with Crippen LogP contribution in [-0.2, 0) is 23.8 Å². The number of carbonyl (C=O) groups is 2. The molecule has 0 aliphatic carbocycles. The van der Waals surface area contributed by atoms with Gasteiger partial charge in [0, 0.05) is 6.42 Å². The molecule has 0 aromatic carbocycles. The fourth-order valence-corrected chi connectivity index (χ4v) is 13.1. The van der Waals surface area contributed by atoms with E-state index in [4.69, 9.17) is 14.2 Å². The van der Waals surface area contributed by atoms with Gasteiger partial charge in [-0.25, -0.2) is 0 Å². The van der Waals surface area contributed by atoms with Gasteiger partial charge in [0.1, 0.15) is 24.4 Å². The number of ether oxygens (including phenoxy) is 3. The van der Waals surface area contributed by atoms with E-state index >= 15 is 0 Å². The Morgan fingerprint density at radius 2 is 0.710 bits per heavy atom. The van der Waals surface area contributed by atoms with Gasteiger partial charge in [-0.15, -0.1) is 0 Å². The van der Waals surface area contributed by atoms with Crippen LogP contribution < -0.4 is 5.32 Å². The van der Waals surface area contributed by atoms with Gasteiger partial charge in [-0.3, -0.25) is 9.59 Å². The van der Waals surface area contributed by atoms with Gasteiger partial charge in [0.2, 0.25) is 5.91 Å².